The smallest absolute Gasteiger partial charge is 0.461 e. The Morgan fingerprint density at radius 1 is 1.11 bits per heavy atom. The van der Waals surface area contributed by atoms with Gasteiger partial charge in [-0.25, -0.2) is 4.98 Å². The van der Waals surface area contributed by atoms with E-state index < -0.39 is 18.3 Å². The monoisotopic (exact) mass is 507 g/mol. The molecule has 0 aliphatic carbocycles. The molecule has 2 aromatic carbocycles. The average Bonchev–Trinajstić information content (AvgIpc) is 3.24. The number of hydrogen-bond donors (Lipinski definition) is 1. The summed E-state index contributed by atoms with van der Waals surface area (Å²) in [6, 6.07) is 13.5. The number of halogens is 4. The fourth-order valence-corrected chi connectivity index (χ4v) is 4.19. The highest BCUT2D eigenvalue weighted by Gasteiger charge is 2.44. The van der Waals surface area contributed by atoms with Crippen LogP contribution < -0.4 is 14.2 Å². The molecule has 0 radical (unpaired) electrons. The van der Waals surface area contributed by atoms with Gasteiger partial charge in [0.15, 0.2) is 16.7 Å². The predicted molar refractivity (Wildman–Crippen MR) is 124 cm³/mol. The van der Waals surface area contributed by atoms with E-state index in [9.17, 15) is 17.6 Å². The van der Waals surface area contributed by atoms with Gasteiger partial charge in [0.2, 0.25) is 0 Å². The number of nitrogens with zero attached hydrogens (tertiary/aromatic N) is 2. The summed E-state index contributed by atoms with van der Waals surface area (Å²) in [6.07, 6.45) is -6.91. The third-order valence-corrected chi connectivity index (χ3v) is 5.95. The molecule has 0 saturated carbocycles. The van der Waals surface area contributed by atoms with Gasteiger partial charge in [0.25, 0.3) is 0 Å². The van der Waals surface area contributed by atoms with Crippen LogP contribution in [-0.4, -0.2) is 34.6 Å². The van der Waals surface area contributed by atoms with Crippen molar-refractivity contribution < 1.29 is 31.8 Å². The highest BCUT2D eigenvalue weighted by molar-refractivity contribution is 7.98. The number of methoxy groups -OCH3 is 1. The number of pyridine rings is 1. The quantitative estimate of drug-likeness (QED) is 0.198. The lowest BCUT2D eigenvalue weighted by Crippen LogP contribution is -2.33. The lowest BCUT2D eigenvalue weighted by molar-refractivity contribution is -0.253. The second kappa shape index (κ2) is 10.4. The van der Waals surface area contributed by atoms with E-state index in [2.05, 4.69) is 19.7 Å². The fourth-order valence-electron chi connectivity index (χ4n) is 3.28. The molecule has 0 aliphatic heterocycles. The Labute approximate surface area is 202 Å². The van der Waals surface area contributed by atoms with E-state index in [4.69, 9.17) is 9.47 Å². The Kier molecular flexibility index (Phi) is 7.34. The number of H-pyrrole nitrogens is 1. The maximum Gasteiger partial charge on any atom is 0.461 e. The summed E-state index contributed by atoms with van der Waals surface area (Å²) in [7, 11) is 1.56. The molecular formula is C24H21F4N3O3S. The number of thioether (sulfide) groups is 1. The topological polar surface area (TPSA) is 69.3 Å². The summed E-state index contributed by atoms with van der Waals surface area (Å²) in [5, 5.41) is 0.502. The SMILES string of the molecule is COc1c(OCc2ccccc2)cnc(CSc2nc3ccc(OC(F)(F)C(F)F)cc3[nH]2)c1C. The van der Waals surface area contributed by atoms with Crippen molar-refractivity contribution in [2.45, 2.75) is 37.0 Å². The van der Waals surface area contributed by atoms with Crippen molar-refractivity contribution in [1.29, 1.82) is 0 Å². The summed E-state index contributed by atoms with van der Waals surface area (Å²) >= 11 is 1.34. The molecule has 184 valence electrons. The highest BCUT2D eigenvalue weighted by atomic mass is 32.2. The van der Waals surface area contributed by atoms with E-state index in [1.165, 1.54) is 30.0 Å². The molecule has 2 aromatic heterocycles. The van der Waals surface area contributed by atoms with Crippen LogP contribution in [0.3, 0.4) is 0 Å². The molecule has 11 heteroatoms. The van der Waals surface area contributed by atoms with Gasteiger partial charge in [0.1, 0.15) is 12.4 Å². The molecule has 0 aliphatic rings. The molecule has 0 saturated heterocycles. The fraction of sp³-hybridized carbons (Fsp3) is 0.250. The Hall–Kier alpha value is -3.47. The number of alkyl halides is 4. The zero-order valence-electron chi connectivity index (χ0n) is 18.7. The molecular weight excluding hydrogens is 486 g/mol. The number of aromatic nitrogens is 3. The summed E-state index contributed by atoms with van der Waals surface area (Å²) in [5.41, 5.74) is 3.43. The van der Waals surface area contributed by atoms with Gasteiger partial charge in [-0.1, -0.05) is 42.1 Å². The molecule has 0 fully saturated rings. The minimum absolute atomic E-state index is 0.375. The van der Waals surface area contributed by atoms with Crippen molar-refractivity contribution in [2.24, 2.45) is 0 Å². The molecule has 0 unspecified atom stereocenters. The van der Waals surface area contributed by atoms with Gasteiger partial charge < -0.3 is 19.2 Å². The molecule has 0 spiro atoms. The van der Waals surface area contributed by atoms with Crippen molar-refractivity contribution >= 4 is 22.8 Å². The number of hydrogen-bond acceptors (Lipinski definition) is 6. The summed E-state index contributed by atoms with van der Waals surface area (Å²) in [6.45, 7) is 2.25. The maximum atomic E-state index is 13.2. The highest BCUT2D eigenvalue weighted by Crippen LogP contribution is 2.35. The molecule has 0 atom stereocenters. The second-order valence-electron chi connectivity index (χ2n) is 7.48. The molecule has 2 heterocycles. The number of imidazole rings is 1. The number of rotatable bonds is 10. The molecule has 1 N–H and O–H groups in total. The predicted octanol–water partition coefficient (Wildman–Crippen LogP) is 6.38. The summed E-state index contributed by atoms with van der Waals surface area (Å²) in [4.78, 5) is 11.9. The van der Waals surface area contributed by atoms with E-state index in [1.807, 2.05) is 37.3 Å². The lowest BCUT2D eigenvalue weighted by Gasteiger charge is -2.16. The Balaban J connectivity index is 1.45. The van der Waals surface area contributed by atoms with E-state index in [0.717, 1.165) is 16.8 Å². The van der Waals surface area contributed by atoms with Crippen LogP contribution in [-0.2, 0) is 12.4 Å². The zero-order valence-corrected chi connectivity index (χ0v) is 19.5. The van der Waals surface area contributed by atoms with E-state index >= 15 is 0 Å². The Bertz CT molecular complexity index is 1300. The first-order valence-corrected chi connectivity index (χ1v) is 11.4. The minimum atomic E-state index is -4.58. The van der Waals surface area contributed by atoms with Crippen LogP contribution in [0, 0.1) is 6.92 Å². The van der Waals surface area contributed by atoms with Crippen LogP contribution in [0.15, 0.2) is 59.9 Å². The molecule has 0 bridgehead atoms. The standard InChI is InChI=1S/C24H21F4N3O3S/c1-14-19(29-11-20(21(14)32-2)33-12-15-6-4-3-5-7-15)13-35-23-30-17-9-8-16(10-18(17)31-23)34-24(27,28)22(25)26/h3-11,22H,12-13H2,1-2H3,(H,30,31). The first-order chi connectivity index (χ1) is 16.8. The van der Waals surface area contributed by atoms with Crippen molar-refractivity contribution in [1.82, 2.24) is 15.0 Å². The lowest BCUT2D eigenvalue weighted by atomic mass is 10.2. The van der Waals surface area contributed by atoms with Crippen LogP contribution in [0.5, 0.6) is 17.2 Å². The molecule has 4 aromatic rings. The summed E-state index contributed by atoms with van der Waals surface area (Å²) < 4.78 is 66.7. The number of fused-ring (bicyclic) bond motifs is 1. The van der Waals surface area contributed by atoms with Crippen molar-refractivity contribution in [3.8, 4) is 17.2 Å². The van der Waals surface area contributed by atoms with E-state index in [-0.39, 0.29) is 0 Å². The number of benzene rings is 2. The van der Waals surface area contributed by atoms with Gasteiger partial charge in [0.05, 0.1) is 30.0 Å². The van der Waals surface area contributed by atoms with Gasteiger partial charge in [-0.15, -0.1) is 0 Å². The minimum Gasteiger partial charge on any atom is -0.492 e. The van der Waals surface area contributed by atoms with Crippen molar-refractivity contribution in [2.75, 3.05) is 7.11 Å². The van der Waals surface area contributed by atoms with Gasteiger partial charge >= 0.3 is 12.5 Å². The molecule has 6 nitrogen and oxygen atoms in total. The second-order valence-corrected chi connectivity index (χ2v) is 8.44. The molecule has 35 heavy (non-hydrogen) atoms. The Morgan fingerprint density at radius 2 is 1.89 bits per heavy atom. The number of nitrogens with one attached hydrogen (secondary N) is 1. The summed E-state index contributed by atoms with van der Waals surface area (Å²) in [5.74, 6) is 1.15. The third-order valence-electron chi connectivity index (χ3n) is 5.06. The van der Waals surface area contributed by atoms with Crippen LogP contribution in [0.4, 0.5) is 17.6 Å². The van der Waals surface area contributed by atoms with Gasteiger partial charge in [-0.05, 0) is 24.6 Å². The zero-order chi connectivity index (χ0) is 25.0. The Morgan fingerprint density at radius 3 is 2.60 bits per heavy atom. The van der Waals surface area contributed by atoms with E-state index in [0.29, 0.717) is 40.0 Å². The first kappa shape index (κ1) is 24.6. The van der Waals surface area contributed by atoms with Crippen molar-refractivity contribution in [3.05, 3.63) is 71.5 Å². The molecule has 4 rings (SSSR count). The van der Waals surface area contributed by atoms with Gasteiger partial charge in [-0.2, -0.15) is 17.6 Å². The number of ether oxygens (including phenoxy) is 3. The van der Waals surface area contributed by atoms with Gasteiger partial charge in [-0.3, -0.25) is 4.98 Å². The van der Waals surface area contributed by atoms with Gasteiger partial charge in [0, 0.05) is 17.4 Å². The van der Waals surface area contributed by atoms with Crippen LogP contribution in [0.25, 0.3) is 11.0 Å². The number of aromatic amines is 1. The largest absolute Gasteiger partial charge is 0.492 e. The van der Waals surface area contributed by atoms with Crippen LogP contribution in [0.1, 0.15) is 16.8 Å². The maximum absolute atomic E-state index is 13.2. The normalized spacial score (nSPS) is 11.7. The van der Waals surface area contributed by atoms with Crippen molar-refractivity contribution in [3.63, 3.8) is 0 Å². The molecule has 0 amide bonds. The van der Waals surface area contributed by atoms with Crippen LogP contribution in [0.2, 0.25) is 0 Å². The average molecular weight is 508 g/mol. The van der Waals surface area contributed by atoms with Crippen LogP contribution >= 0.6 is 11.8 Å². The third kappa shape index (κ3) is 5.79. The first-order valence-electron chi connectivity index (χ1n) is 10.4. The van der Waals surface area contributed by atoms with E-state index in [1.54, 1.807) is 13.3 Å².